The molecule has 5 rings (SSSR count). The van der Waals surface area contributed by atoms with E-state index >= 15 is 0 Å². The fourth-order valence-electron chi connectivity index (χ4n) is 3.97. The van der Waals surface area contributed by atoms with Crippen molar-refractivity contribution in [3.63, 3.8) is 0 Å². The van der Waals surface area contributed by atoms with Gasteiger partial charge in [0.1, 0.15) is 40.6 Å². The van der Waals surface area contributed by atoms with Gasteiger partial charge in [-0.2, -0.15) is 22.0 Å². The van der Waals surface area contributed by atoms with Gasteiger partial charge in [0.25, 0.3) is 5.56 Å². The third-order valence-electron chi connectivity index (χ3n) is 5.88. The summed E-state index contributed by atoms with van der Waals surface area (Å²) in [4.78, 5) is 29.3. The first kappa shape index (κ1) is 26.0. The van der Waals surface area contributed by atoms with Gasteiger partial charge in [0.2, 0.25) is 0 Å². The minimum atomic E-state index is -5.80. The van der Waals surface area contributed by atoms with Gasteiger partial charge in [-0.3, -0.25) is 9.36 Å². The molecule has 5 aromatic rings. The Morgan fingerprint density at radius 2 is 1.85 bits per heavy atom. The molecule has 0 saturated heterocycles. The maximum absolute atomic E-state index is 14.7. The van der Waals surface area contributed by atoms with Gasteiger partial charge in [-0.15, -0.1) is 0 Å². The number of H-pyrrole nitrogens is 1. The Balaban J connectivity index is 1.60. The summed E-state index contributed by atoms with van der Waals surface area (Å²) < 4.78 is 85.0. The van der Waals surface area contributed by atoms with Gasteiger partial charge < -0.3 is 15.0 Å². The number of rotatable bonds is 7. The molecule has 0 saturated carbocycles. The summed E-state index contributed by atoms with van der Waals surface area (Å²) >= 11 is 0. The molecular weight excluding hydrogens is 530 g/mol. The normalized spacial score (nSPS) is 13.1. The second-order valence-corrected chi connectivity index (χ2v) is 8.56. The number of hydrogen-bond acceptors (Lipinski definition) is 6. The zero-order valence-corrected chi connectivity index (χ0v) is 19.9. The van der Waals surface area contributed by atoms with Crippen LogP contribution < -0.4 is 15.6 Å². The fourth-order valence-corrected chi connectivity index (χ4v) is 3.97. The van der Waals surface area contributed by atoms with Gasteiger partial charge in [0.15, 0.2) is 6.61 Å². The molecule has 0 spiro atoms. The third kappa shape index (κ3) is 4.84. The monoisotopic (exact) mass is 548 g/mol. The highest BCUT2D eigenvalue weighted by atomic mass is 19.4. The van der Waals surface area contributed by atoms with Crippen LogP contribution in [0.15, 0.2) is 65.8 Å². The minimum Gasteiger partial charge on any atom is -0.487 e. The molecular formula is C25H18F6N6O2. The van der Waals surface area contributed by atoms with E-state index in [1.54, 1.807) is 19.2 Å². The molecule has 2 aromatic carbocycles. The van der Waals surface area contributed by atoms with Crippen molar-refractivity contribution in [2.24, 2.45) is 0 Å². The maximum atomic E-state index is 14.7. The molecule has 0 fully saturated rings. The molecule has 3 aromatic heterocycles. The number of hydrogen-bond donors (Lipinski definition) is 2. The van der Waals surface area contributed by atoms with Crippen LogP contribution in [-0.2, 0) is 0 Å². The Morgan fingerprint density at radius 3 is 2.62 bits per heavy atom. The highest BCUT2D eigenvalue weighted by Gasteiger charge is 2.58. The van der Waals surface area contributed by atoms with Gasteiger partial charge in [-0.1, -0.05) is 12.1 Å². The second kappa shape index (κ2) is 9.60. The number of halogens is 6. The number of aromatic nitrogens is 5. The van der Waals surface area contributed by atoms with Crippen LogP contribution in [0.4, 0.5) is 32.2 Å². The Hall–Kier alpha value is -4.62. The van der Waals surface area contributed by atoms with Crippen LogP contribution in [0.2, 0.25) is 0 Å². The molecule has 3 heterocycles. The zero-order valence-electron chi connectivity index (χ0n) is 19.9. The summed E-state index contributed by atoms with van der Waals surface area (Å²) in [5, 5.41) is 3.45. The molecule has 202 valence electrons. The summed E-state index contributed by atoms with van der Waals surface area (Å²) in [5.41, 5.74) is -0.213. The standard InChI is InChI=1S/C25H18F6N6O2/c1-13(35-21-16-8-9-32-20(16)33-12-34-21)22-36-18-7-3-6-17(26)19(18)23(38)37(22)14-4-2-5-15(10-14)39-11-24(27,28)25(29,30)31/h2-10,12-13H,11H2,1H3,(H2,32,33,34,35). The molecule has 39 heavy (non-hydrogen) atoms. The lowest BCUT2D eigenvalue weighted by atomic mass is 10.2. The Morgan fingerprint density at radius 1 is 1.08 bits per heavy atom. The van der Waals surface area contributed by atoms with Gasteiger partial charge in [-0.25, -0.2) is 19.3 Å². The number of anilines is 1. The van der Waals surface area contributed by atoms with Crippen LogP contribution in [0.5, 0.6) is 5.75 Å². The lowest BCUT2D eigenvalue weighted by molar-refractivity contribution is -0.290. The van der Waals surface area contributed by atoms with E-state index in [0.29, 0.717) is 16.9 Å². The van der Waals surface area contributed by atoms with Crippen LogP contribution in [0.1, 0.15) is 18.8 Å². The molecule has 0 aliphatic rings. The summed E-state index contributed by atoms with van der Waals surface area (Å²) in [7, 11) is 0. The summed E-state index contributed by atoms with van der Waals surface area (Å²) in [6.07, 6.45) is -2.82. The van der Waals surface area contributed by atoms with Gasteiger partial charge in [-0.05, 0) is 37.3 Å². The predicted molar refractivity (Wildman–Crippen MR) is 130 cm³/mol. The number of ether oxygens (including phenoxy) is 1. The van der Waals surface area contributed by atoms with Gasteiger partial charge in [0.05, 0.1) is 22.6 Å². The average molecular weight is 548 g/mol. The molecule has 2 N–H and O–H groups in total. The number of nitrogens with zero attached hydrogens (tertiary/aromatic N) is 4. The predicted octanol–water partition coefficient (Wildman–Crippen LogP) is 5.55. The minimum absolute atomic E-state index is 0.00334. The van der Waals surface area contributed by atoms with Crippen molar-refractivity contribution in [2.45, 2.75) is 25.1 Å². The zero-order chi connectivity index (χ0) is 27.9. The smallest absolute Gasteiger partial charge is 0.456 e. The lowest BCUT2D eigenvalue weighted by Gasteiger charge is -2.22. The lowest BCUT2D eigenvalue weighted by Crippen LogP contribution is -2.41. The summed E-state index contributed by atoms with van der Waals surface area (Å²) in [5.74, 6) is -5.82. The summed E-state index contributed by atoms with van der Waals surface area (Å²) in [6.45, 7) is -0.307. The van der Waals surface area contributed by atoms with Crippen LogP contribution in [-0.4, -0.2) is 43.2 Å². The first-order chi connectivity index (χ1) is 18.5. The molecule has 0 bridgehead atoms. The quantitative estimate of drug-likeness (QED) is 0.259. The Labute approximate surface area is 215 Å². The molecule has 0 radical (unpaired) electrons. The number of alkyl halides is 5. The number of nitrogens with one attached hydrogen (secondary N) is 2. The average Bonchev–Trinajstić information content (AvgIpc) is 3.37. The van der Waals surface area contributed by atoms with Gasteiger partial charge >= 0.3 is 12.1 Å². The van der Waals surface area contributed by atoms with Crippen molar-refractivity contribution in [3.8, 4) is 11.4 Å². The Kier molecular flexibility index (Phi) is 6.40. The van der Waals surface area contributed by atoms with Crippen LogP contribution in [0, 0.1) is 5.82 Å². The van der Waals surface area contributed by atoms with Crippen LogP contribution in [0.3, 0.4) is 0 Å². The fraction of sp³-hybridized carbons (Fsp3) is 0.200. The maximum Gasteiger partial charge on any atom is 0.456 e. The van der Waals surface area contributed by atoms with Crippen LogP contribution in [0.25, 0.3) is 27.6 Å². The molecule has 0 aliphatic heterocycles. The molecule has 14 heteroatoms. The first-order valence-electron chi connectivity index (χ1n) is 11.4. The number of aromatic amines is 1. The van der Waals surface area contributed by atoms with Crippen molar-refractivity contribution in [1.29, 1.82) is 0 Å². The van der Waals surface area contributed by atoms with Crippen molar-refractivity contribution < 1.29 is 31.1 Å². The number of benzene rings is 2. The van der Waals surface area contributed by atoms with E-state index in [0.717, 1.165) is 22.8 Å². The number of fused-ring (bicyclic) bond motifs is 2. The molecule has 8 nitrogen and oxygen atoms in total. The van der Waals surface area contributed by atoms with Crippen molar-refractivity contribution >= 4 is 27.8 Å². The largest absolute Gasteiger partial charge is 0.487 e. The van der Waals surface area contributed by atoms with E-state index in [4.69, 9.17) is 4.74 Å². The highest BCUT2D eigenvalue weighted by Crippen LogP contribution is 2.36. The topological polar surface area (TPSA) is 97.7 Å². The first-order valence-corrected chi connectivity index (χ1v) is 11.4. The van der Waals surface area contributed by atoms with E-state index < -0.39 is 36.1 Å². The SMILES string of the molecule is CC(Nc1ncnc2[nH]ccc12)c1nc2cccc(F)c2c(=O)n1-c1cccc(OCC(F)(F)C(F)(F)F)c1. The molecule has 0 amide bonds. The van der Waals surface area contributed by atoms with E-state index in [2.05, 4.69) is 25.3 Å². The second-order valence-electron chi connectivity index (χ2n) is 8.56. The molecule has 1 atom stereocenters. The summed E-state index contributed by atoms with van der Waals surface area (Å²) in [6, 6.07) is 9.84. The van der Waals surface area contributed by atoms with Crippen molar-refractivity contribution in [3.05, 3.63) is 83.1 Å². The van der Waals surface area contributed by atoms with Crippen molar-refractivity contribution in [1.82, 2.24) is 24.5 Å². The van der Waals surface area contributed by atoms with E-state index in [9.17, 15) is 31.1 Å². The highest BCUT2D eigenvalue weighted by molar-refractivity contribution is 5.86. The molecule has 1 unspecified atom stereocenters. The molecule has 0 aliphatic carbocycles. The van der Waals surface area contributed by atoms with E-state index in [-0.39, 0.29) is 28.2 Å². The Bertz CT molecular complexity index is 1730. The third-order valence-corrected chi connectivity index (χ3v) is 5.88. The van der Waals surface area contributed by atoms with Crippen LogP contribution >= 0.6 is 0 Å². The van der Waals surface area contributed by atoms with Crippen molar-refractivity contribution in [2.75, 3.05) is 11.9 Å². The van der Waals surface area contributed by atoms with E-state index in [1.807, 2.05) is 0 Å². The van der Waals surface area contributed by atoms with Gasteiger partial charge in [0, 0.05) is 12.3 Å². The van der Waals surface area contributed by atoms with E-state index in [1.165, 1.54) is 30.6 Å².